The molecule has 2 rings (SSSR count). The van der Waals surface area contributed by atoms with Gasteiger partial charge in [-0.1, -0.05) is 61.4 Å². The van der Waals surface area contributed by atoms with Gasteiger partial charge in [0.2, 0.25) is 0 Å². The highest BCUT2D eigenvalue weighted by Crippen LogP contribution is 2.18. The van der Waals surface area contributed by atoms with Crippen molar-refractivity contribution in [3.05, 3.63) is 65.7 Å². The van der Waals surface area contributed by atoms with Crippen LogP contribution in [0.1, 0.15) is 43.9 Å². The van der Waals surface area contributed by atoms with Gasteiger partial charge in [0.15, 0.2) is 12.6 Å². The minimum Gasteiger partial charge on any atom is -0.344 e. The van der Waals surface area contributed by atoms with E-state index in [0.717, 1.165) is 34.6 Å². The van der Waals surface area contributed by atoms with Gasteiger partial charge in [-0.3, -0.25) is 9.59 Å². The number of anilines is 1. The zero-order chi connectivity index (χ0) is 20.5. The summed E-state index contributed by atoms with van der Waals surface area (Å²) in [7, 11) is 1.87. The standard InChI is InChI=1S/C23H31N3O2/c1-5-9-21(19-10-7-6-8-11-19)25-23(28)18(3)26(4)16-22(27)24-20-14-12-17(2)13-15-20/h6-8,10-15,18,21H,5,9,16H2,1-4H3,(H,24,27)(H,25,28)/p+1/t18-,21-/m1/s1. The molecule has 0 heterocycles. The quantitative estimate of drug-likeness (QED) is 0.624. The molecule has 5 nitrogen and oxygen atoms in total. The van der Waals surface area contributed by atoms with Crippen LogP contribution in [-0.2, 0) is 9.59 Å². The van der Waals surface area contributed by atoms with E-state index < -0.39 is 0 Å². The molecule has 2 aromatic carbocycles. The Kier molecular flexibility index (Phi) is 8.20. The molecule has 28 heavy (non-hydrogen) atoms. The summed E-state index contributed by atoms with van der Waals surface area (Å²) in [5, 5.41) is 6.04. The molecule has 3 atom stereocenters. The van der Waals surface area contributed by atoms with E-state index in [9.17, 15) is 9.59 Å². The SMILES string of the molecule is CCC[C@@H](NC(=O)[C@@H](C)[NH+](C)CC(=O)Nc1ccc(C)cc1)c1ccccc1. The van der Waals surface area contributed by atoms with E-state index in [4.69, 9.17) is 0 Å². The number of likely N-dealkylation sites (N-methyl/N-ethyl adjacent to an activating group) is 1. The Morgan fingerprint density at radius 2 is 1.68 bits per heavy atom. The van der Waals surface area contributed by atoms with Crippen molar-refractivity contribution in [3.8, 4) is 0 Å². The van der Waals surface area contributed by atoms with Crippen LogP contribution in [0.2, 0.25) is 0 Å². The van der Waals surface area contributed by atoms with Gasteiger partial charge in [-0.15, -0.1) is 0 Å². The highest BCUT2D eigenvalue weighted by molar-refractivity contribution is 5.91. The minimum atomic E-state index is -0.327. The van der Waals surface area contributed by atoms with E-state index >= 15 is 0 Å². The summed E-state index contributed by atoms with van der Waals surface area (Å²) in [6, 6.07) is 17.4. The lowest BCUT2D eigenvalue weighted by molar-refractivity contribution is -0.885. The number of hydrogen-bond acceptors (Lipinski definition) is 2. The van der Waals surface area contributed by atoms with Gasteiger partial charge >= 0.3 is 0 Å². The molecule has 0 aliphatic carbocycles. The third-order valence-electron chi connectivity index (χ3n) is 5.00. The third-order valence-corrected chi connectivity index (χ3v) is 5.00. The molecule has 3 N–H and O–H groups in total. The summed E-state index contributed by atoms with van der Waals surface area (Å²) in [6.45, 7) is 6.20. The maximum absolute atomic E-state index is 12.8. The normalized spacial score (nSPS) is 14.0. The number of quaternary nitrogens is 1. The van der Waals surface area contributed by atoms with Crippen molar-refractivity contribution in [2.45, 2.75) is 45.7 Å². The van der Waals surface area contributed by atoms with Gasteiger partial charge in [0.25, 0.3) is 11.8 Å². The van der Waals surface area contributed by atoms with Gasteiger partial charge in [-0.05, 0) is 38.0 Å². The molecule has 0 fully saturated rings. The molecular weight excluding hydrogens is 350 g/mol. The van der Waals surface area contributed by atoms with Crippen LogP contribution in [0.4, 0.5) is 5.69 Å². The summed E-state index contributed by atoms with van der Waals surface area (Å²) >= 11 is 0. The maximum atomic E-state index is 12.8. The number of hydrogen-bond donors (Lipinski definition) is 3. The average molecular weight is 383 g/mol. The van der Waals surface area contributed by atoms with Crippen molar-refractivity contribution < 1.29 is 14.5 Å². The molecule has 150 valence electrons. The molecule has 2 aromatic rings. The predicted octanol–water partition coefficient (Wildman–Crippen LogP) is 2.49. The first-order valence-electron chi connectivity index (χ1n) is 9.94. The Balaban J connectivity index is 1.91. The average Bonchev–Trinajstić information content (AvgIpc) is 2.69. The predicted molar refractivity (Wildman–Crippen MR) is 113 cm³/mol. The van der Waals surface area contributed by atoms with Crippen molar-refractivity contribution in [2.75, 3.05) is 18.9 Å². The van der Waals surface area contributed by atoms with Crippen LogP contribution in [-0.4, -0.2) is 31.4 Å². The molecule has 5 heteroatoms. The molecule has 0 aromatic heterocycles. The smallest absolute Gasteiger partial charge is 0.279 e. The number of aryl methyl sites for hydroxylation is 1. The lowest BCUT2D eigenvalue weighted by Crippen LogP contribution is -3.15. The number of nitrogens with one attached hydrogen (secondary N) is 3. The lowest BCUT2D eigenvalue weighted by Gasteiger charge is -2.24. The fraction of sp³-hybridized carbons (Fsp3) is 0.391. The number of carbonyl (C=O) groups is 2. The maximum Gasteiger partial charge on any atom is 0.279 e. The van der Waals surface area contributed by atoms with Gasteiger partial charge < -0.3 is 15.5 Å². The second kappa shape index (κ2) is 10.6. The van der Waals surface area contributed by atoms with Crippen LogP contribution < -0.4 is 15.5 Å². The monoisotopic (exact) mass is 382 g/mol. The zero-order valence-corrected chi connectivity index (χ0v) is 17.3. The van der Waals surface area contributed by atoms with Crippen LogP contribution in [0.3, 0.4) is 0 Å². The summed E-state index contributed by atoms with van der Waals surface area (Å²) in [5.41, 5.74) is 3.03. The molecule has 0 saturated carbocycles. The topological polar surface area (TPSA) is 62.6 Å². The molecule has 0 spiro atoms. The molecule has 0 saturated heterocycles. The fourth-order valence-corrected chi connectivity index (χ4v) is 3.07. The van der Waals surface area contributed by atoms with Crippen LogP contribution in [0.5, 0.6) is 0 Å². The first kappa shape index (κ1) is 21.6. The Labute approximate surface area is 168 Å². The molecule has 0 aliphatic rings. The van der Waals surface area contributed by atoms with Gasteiger partial charge in [0.05, 0.1) is 13.1 Å². The van der Waals surface area contributed by atoms with Gasteiger partial charge in [0.1, 0.15) is 0 Å². The summed E-state index contributed by atoms with van der Waals surface area (Å²) in [4.78, 5) is 25.9. The molecule has 0 bridgehead atoms. The van der Waals surface area contributed by atoms with Crippen LogP contribution in [0.15, 0.2) is 54.6 Å². The number of carbonyl (C=O) groups excluding carboxylic acids is 2. The Morgan fingerprint density at radius 1 is 1.04 bits per heavy atom. The Morgan fingerprint density at radius 3 is 2.29 bits per heavy atom. The van der Waals surface area contributed by atoms with Crippen molar-refractivity contribution in [2.24, 2.45) is 0 Å². The Bertz CT molecular complexity index is 759. The van der Waals surface area contributed by atoms with Crippen molar-refractivity contribution in [1.29, 1.82) is 0 Å². The van der Waals surface area contributed by atoms with E-state index in [1.54, 1.807) is 0 Å². The van der Waals surface area contributed by atoms with Crippen molar-refractivity contribution in [3.63, 3.8) is 0 Å². The second-order valence-electron chi connectivity index (χ2n) is 7.42. The number of benzene rings is 2. The van der Waals surface area contributed by atoms with Gasteiger partial charge in [0, 0.05) is 5.69 Å². The van der Waals surface area contributed by atoms with Crippen molar-refractivity contribution >= 4 is 17.5 Å². The van der Waals surface area contributed by atoms with Gasteiger partial charge in [-0.2, -0.15) is 0 Å². The van der Waals surface area contributed by atoms with Crippen LogP contribution >= 0.6 is 0 Å². The van der Waals surface area contributed by atoms with Gasteiger partial charge in [-0.25, -0.2) is 0 Å². The first-order chi connectivity index (χ1) is 13.4. The third kappa shape index (κ3) is 6.50. The molecular formula is C23H32N3O2+. The highest BCUT2D eigenvalue weighted by Gasteiger charge is 2.26. The lowest BCUT2D eigenvalue weighted by atomic mass is 10.0. The van der Waals surface area contributed by atoms with E-state index in [2.05, 4.69) is 17.6 Å². The number of amides is 2. The summed E-state index contributed by atoms with van der Waals surface area (Å²) in [5.74, 6) is -0.142. The van der Waals surface area contributed by atoms with Crippen molar-refractivity contribution in [1.82, 2.24) is 5.32 Å². The van der Waals surface area contributed by atoms with E-state index in [-0.39, 0.29) is 30.4 Å². The van der Waals surface area contributed by atoms with E-state index in [1.807, 2.05) is 75.5 Å². The summed E-state index contributed by atoms with van der Waals surface area (Å²) < 4.78 is 0. The second-order valence-corrected chi connectivity index (χ2v) is 7.42. The number of rotatable bonds is 9. The van der Waals surface area contributed by atoms with Crippen LogP contribution in [0.25, 0.3) is 0 Å². The molecule has 0 radical (unpaired) electrons. The molecule has 0 aliphatic heterocycles. The van der Waals surface area contributed by atoms with E-state index in [1.165, 1.54) is 0 Å². The Hall–Kier alpha value is -2.66. The first-order valence-corrected chi connectivity index (χ1v) is 9.94. The fourth-order valence-electron chi connectivity index (χ4n) is 3.07. The zero-order valence-electron chi connectivity index (χ0n) is 17.3. The largest absolute Gasteiger partial charge is 0.344 e. The van der Waals surface area contributed by atoms with E-state index in [0.29, 0.717) is 0 Å². The molecule has 2 amide bonds. The molecule has 1 unspecified atom stereocenters. The van der Waals surface area contributed by atoms with Crippen LogP contribution in [0, 0.1) is 6.92 Å². The minimum absolute atomic E-state index is 0.00432. The highest BCUT2D eigenvalue weighted by atomic mass is 16.2. The summed E-state index contributed by atoms with van der Waals surface area (Å²) in [6.07, 6.45) is 1.87.